The summed E-state index contributed by atoms with van der Waals surface area (Å²) in [5.41, 5.74) is 2.16. The van der Waals surface area contributed by atoms with E-state index in [1.54, 1.807) is 18.4 Å². The molecule has 0 N–H and O–H groups in total. The van der Waals surface area contributed by atoms with E-state index >= 15 is 0 Å². The van der Waals surface area contributed by atoms with E-state index in [1.807, 2.05) is 65.6 Å². The van der Waals surface area contributed by atoms with Gasteiger partial charge in [0.1, 0.15) is 11.2 Å². The van der Waals surface area contributed by atoms with E-state index < -0.39 is 5.41 Å². The summed E-state index contributed by atoms with van der Waals surface area (Å²) in [7, 11) is 1.65. The first kappa shape index (κ1) is 18.6. The van der Waals surface area contributed by atoms with Gasteiger partial charge in [-0.3, -0.25) is 4.79 Å². The molecule has 0 bridgehead atoms. The number of rotatable bonds is 5. The third-order valence-electron chi connectivity index (χ3n) is 5.85. The zero-order chi connectivity index (χ0) is 20.6. The lowest BCUT2D eigenvalue weighted by Gasteiger charge is -2.56. The van der Waals surface area contributed by atoms with E-state index in [9.17, 15) is 4.79 Å². The third kappa shape index (κ3) is 2.68. The van der Waals surface area contributed by atoms with E-state index in [1.165, 1.54) is 0 Å². The summed E-state index contributed by atoms with van der Waals surface area (Å²) in [4.78, 5) is 17.1. The molecule has 4 aromatic rings. The Balaban J connectivity index is 1.73. The minimum atomic E-state index is -0.757. The smallest absolute Gasteiger partial charge is 0.245 e. The molecule has 1 atom stereocenters. The highest BCUT2D eigenvalue weighted by molar-refractivity contribution is 7.10. The van der Waals surface area contributed by atoms with Gasteiger partial charge in [0.15, 0.2) is 0 Å². The van der Waals surface area contributed by atoms with E-state index in [2.05, 4.69) is 41.8 Å². The molecule has 1 aliphatic heterocycles. The summed E-state index contributed by atoms with van der Waals surface area (Å²) < 4.78 is 5.30. The van der Waals surface area contributed by atoms with Gasteiger partial charge in [-0.2, -0.15) is 0 Å². The van der Waals surface area contributed by atoms with Crippen LogP contribution in [0.2, 0.25) is 0 Å². The molecular formula is C26H21NO2S. The van der Waals surface area contributed by atoms with Crippen LogP contribution < -0.4 is 9.64 Å². The highest BCUT2D eigenvalue weighted by Crippen LogP contribution is 2.58. The second-order valence-electron chi connectivity index (χ2n) is 7.33. The van der Waals surface area contributed by atoms with Gasteiger partial charge in [-0.25, -0.2) is 0 Å². The van der Waals surface area contributed by atoms with Crippen LogP contribution in [0, 0.1) is 0 Å². The summed E-state index contributed by atoms with van der Waals surface area (Å²) >= 11 is 1.69. The Hall–Kier alpha value is -3.37. The van der Waals surface area contributed by atoms with E-state index in [0.29, 0.717) is 0 Å². The molecule has 1 amide bonds. The molecule has 30 heavy (non-hydrogen) atoms. The molecule has 4 heteroatoms. The van der Waals surface area contributed by atoms with Crippen LogP contribution in [0.15, 0.2) is 102 Å². The van der Waals surface area contributed by atoms with Gasteiger partial charge in [0.2, 0.25) is 5.91 Å². The Morgan fingerprint density at radius 2 is 1.40 bits per heavy atom. The topological polar surface area (TPSA) is 29.5 Å². The van der Waals surface area contributed by atoms with Crippen molar-refractivity contribution in [3.05, 3.63) is 118 Å². The van der Waals surface area contributed by atoms with Crippen molar-refractivity contribution in [2.45, 2.75) is 11.5 Å². The van der Waals surface area contributed by atoms with Crippen LogP contribution in [0.1, 0.15) is 22.0 Å². The first-order valence-electron chi connectivity index (χ1n) is 9.89. The molecule has 3 aromatic carbocycles. The SMILES string of the molecule is COc1ccc(N2C(=O)C(c3ccccc3)(c3ccccc3)C2c2cccs2)cc1. The van der Waals surface area contributed by atoms with Crippen molar-refractivity contribution >= 4 is 22.9 Å². The van der Waals surface area contributed by atoms with Crippen LogP contribution in [0.25, 0.3) is 0 Å². The highest BCUT2D eigenvalue weighted by Gasteiger charge is 2.63. The Morgan fingerprint density at radius 1 is 0.800 bits per heavy atom. The molecule has 1 fully saturated rings. The average Bonchev–Trinajstić information content (AvgIpc) is 3.33. The van der Waals surface area contributed by atoms with Crippen molar-refractivity contribution in [2.24, 2.45) is 0 Å². The Kier molecular flexibility index (Phi) is 4.64. The second-order valence-corrected chi connectivity index (χ2v) is 8.31. The van der Waals surface area contributed by atoms with Crippen molar-refractivity contribution in [2.75, 3.05) is 12.0 Å². The lowest BCUT2D eigenvalue weighted by atomic mass is 9.61. The highest BCUT2D eigenvalue weighted by atomic mass is 32.1. The van der Waals surface area contributed by atoms with Crippen LogP contribution in [-0.2, 0) is 10.2 Å². The predicted molar refractivity (Wildman–Crippen MR) is 121 cm³/mol. The number of anilines is 1. The molecule has 0 spiro atoms. The van der Waals surface area contributed by atoms with Crippen molar-refractivity contribution in [3.8, 4) is 5.75 Å². The van der Waals surface area contributed by atoms with Crippen LogP contribution in [0.4, 0.5) is 5.69 Å². The second kappa shape index (κ2) is 7.47. The van der Waals surface area contributed by atoms with Gasteiger partial charge in [-0.15, -0.1) is 11.3 Å². The number of thiophene rings is 1. The summed E-state index contributed by atoms with van der Waals surface area (Å²) in [5, 5.41) is 2.07. The Morgan fingerprint density at radius 3 is 1.90 bits per heavy atom. The van der Waals surface area contributed by atoms with Crippen LogP contribution >= 0.6 is 11.3 Å². The Bertz CT molecular complexity index is 1100. The van der Waals surface area contributed by atoms with Gasteiger partial charge < -0.3 is 9.64 Å². The predicted octanol–water partition coefficient (Wildman–Crippen LogP) is 5.83. The summed E-state index contributed by atoms with van der Waals surface area (Å²) in [6.45, 7) is 0. The number of hydrogen-bond acceptors (Lipinski definition) is 3. The molecular weight excluding hydrogens is 390 g/mol. The minimum absolute atomic E-state index is 0.0865. The third-order valence-corrected chi connectivity index (χ3v) is 6.77. The van der Waals surface area contributed by atoms with E-state index in [4.69, 9.17) is 4.74 Å². The van der Waals surface area contributed by atoms with Crippen molar-refractivity contribution in [3.63, 3.8) is 0 Å². The zero-order valence-corrected chi connectivity index (χ0v) is 17.4. The maximum atomic E-state index is 14.0. The van der Waals surface area contributed by atoms with Gasteiger partial charge in [-0.05, 0) is 46.8 Å². The summed E-state index contributed by atoms with van der Waals surface area (Å²) in [6, 6.07) is 32.1. The molecule has 0 aliphatic carbocycles. The van der Waals surface area contributed by atoms with E-state index in [-0.39, 0.29) is 11.9 Å². The number of hydrogen-bond donors (Lipinski definition) is 0. The van der Waals surface area contributed by atoms with E-state index in [0.717, 1.165) is 27.4 Å². The van der Waals surface area contributed by atoms with Gasteiger partial charge >= 0.3 is 0 Å². The number of β-lactam (4-membered cyclic amide) rings is 1. The summed E-state index contributed by atoms with van der Waals surface area (Å²) in [5.74, 6) is 0.861. The van der Waals surface area contributed by atoms with Gasteiger partial charge in [0, 0.05) is 10.6 Å². The van der Waals surface area contributed by atoms with Crippen LogP contribution in [0.3, 0.4) is 0 Å². The standard InChI is InChI=1S/C26H21NO2S/c1-29-22-16-14-21(15-17-22)27-24(23-13-8-18-30-23)26(25(27)28,19-9-4-2-5-10-19)20-11-6-3-7-12-20/h2-18,24H,1H3. The van der Waals surface area contributed by atoms with Crippen LogP contribution in [-0.4, -0.2) is 13.0 Å². The average molecular weight is 412 g/mol. The molecule has 1 aliphatic rings. The number of amides is 1. The number of methoxy groups -OCH3 is 1. The fourth-order valence-electron chi connectivity index (χ4n) is 4.48. The fraction of sp³-hybridized carbons (Fsp3) is 0.115. The summed E-state index contributed by atoms with van der Waals surface area (Å²) in [6.07, 6.45) is 0. The quantitative estimate of drug-likeness (QED) is 0.387. The number of carbonyl (C=O) groups excluding carboxylic acids is 1. The fourth-order valence-corrected chi connectivity index (χ4v) is 5.36. The first-order valence-corrected chi connectivity index (χ1v) is 10.8. The monoisotopic (exact) mass is 411 g/mol. The van der Waals surface area contributed by atoms with Gasteiger partial charge in [0.25, 0.3) is 0 Å². The number of ether oxygens (including phenoxy) is 1. The molecule has 2 heterocycles. The van der Waals surface area contributed by atoms with Crippen molar-refractivity contribution < 1.29 is 9.53 Å². The van der Waals surface area contributed by atoms with Gasteiger partial charge in [0.05, 0.1) is 13.2 Å². The molecule has 148 valence electrons. The molecule has 1 saturated heterocycles. The molecule has 5 rings (SSSR count). The molecule has 0 saturated carbocycles. The lowest BCUT2D eigenvalue weighted by molar-refractivity contribution is -0.131. The van der Waals surface area contributed by atoms with Crippen molar-refractivity contribution in [1.82, 2.24) is 0 Å². The Labute approximate surface area is 180 Å². The molecule has 1 aromatic heterocycles. The minimum Gasteiger partial charge on any atom is -0.497 e. The number of benzene rings is 3. The van der Waals surface area contributed by atoms with Crippen LogP contribution in [0.5, 0.6) is 5.75 Å². The first-order chi connectivity index (χ1) is 14.8. The van der Waals surface area contributed by atoms with Crippen molar-refractivity contribution in [1.29, 1.82) is 0 Å². The maximum Gasteiger partial charge on any atom is 0.245 e. The lowest BCUT2D eigenvalue weighted by Crippen LogP contribution is -2.67. The van der Waals surface area contributed by atoms with Gasteiger partial charge in [-0.1, -0.05) is 66.7 Å². The maximum absolute atomic E-state index is 14.0. The number of nitrogens with zero attached hydrogens (tertiary/aromatic N) is 1. The largest absolute Gasteiger partial charge is 0.497 e. The number of carbonyl (C=O) groups is 1. The zero-order valence-electron chi connectivity index (χ0n) is 16.6. The molecule has 3 nitrogen and oxygen atoms in total. The normalized spacial score (nSPS) is 17.4. The molecule has 1 unspecified atom stereocenters. The molecule has 0 radical (unpaired) electrons.